The maximum Gasteiger partial charge on any atom is 0.0936 e. The molecule has 0 aromatic carbocycles. The number of aromatic nitrogens is 1. The van der Waals surface area contributed by atoms with Crippen LogP contribution in [0.2, 0.25) is 0 Å². The highest BCUT2D eigenvalue weighted by Gasteiger charge is 2.09. The van der Waals surface area contributed by atoms with Gasteiger partial charge in [0.25, 0.3) is 0 Å². The van der Waals surface area contributed by atoms with Gasteiger partial charge in [0.05, 0.1) is 10.7 Å². The monoisotopic (exact) mass is 243 g/mol. The predicted octanol–water partition coefficient (Wildman–Crippen LogP) is 4.03. The fraction of sp³-hybridized carbons (Fsp3) is 0.750. The minimum absolute atomic E-state index is 0.447. The summed E-state index contributed by atoms with van der Waals surface area (Å²) in [5.41, 5.74) is 1.69. The Morgan fingerprint density at radius 1 is 1.40 bits per heavy atom. The molecule has 0 amide bonds. The Morgan fingerprint density at radius 2 is 2.13 bits per heavy atom. The summed E-state index contributed by atoms with van der Waals surface area (Å²) in [6.07, 6.45) is 2.19. The number of hydrogen-bond donors (Lipinski definition) is 0. The molecule has 1 nitrogen and oxygen atoms in total. The number of nitrogens with zero attached hydrogens (tertiary/aromatic N) is 1. The minimum atomic E-state index is 0.447. The van der Waals surface area contributed by atoms with Gasteiger partial charge in [0.1, 0.15) is 0 Å². The van der Waals surface area contributed by atoms with Crippen LogP contribution in [-0.2, 0) is 12.8 Å². The second-order valence-corrected chi connectivity index (χ2v) is 7.00. The van der Waals surface area contributed by atoms with Crippen molar-refractivity contribution in [3.63, 3.8) is 0 Å². The molecule has 0 fully saturated rings. The van der Waals surface area contributed by atoms with Crippen LogP contribution in [0.4, 0.5) is 0 Å². The molecule has 1 heterocycles. The topological polar surface area (TPSA) is 12.9 Å². The summed E-state index contributed by atoms with van der Waals surface area (Å²) in [5, 5.41) is 3.48. The Morgan fingerprint density at radius 3 is 2.67 bits per heavy atom. The molecule has 0 bridgehead atoms. The highest BCUT2D eigenvalue weighted by molar-refractivity contribution is 7.99. The summed E-state index contributed by atoms with van der Waals surface area (Å²) in [4.78, 5) is 4.57. The molecule has 0 radical (unpaired) electrons. The number of rotatable bonds is 5. The zero-order chi connectivity index (χ0) is 11.3. The van der Waals surface area contributed by atoms with E-state index in [0.29, 0.717) is 5.41 Å². The molecule has 0 unspecified atom stereocenters. The number of thiazole rings is 1. The van der Waals surface area contributed by atoms with Crippen molar-refractivity contribution in [2.45, 2.75) is 40.5 Å². The highest BCUT2D eigenvalue weighted by atomic mass is 32.2. The zero-order valence-corrected chi connectivity index (χ0v) is 11.8. The molecule has 0 aliphatic carbocycles. The van der Waals surface area contributed by atoms with E-state index in [2.05, 4.69) is 38.1 Å². The maximum atomic E-state index is 4.57. The van der Waals surface area contributed by atoms with Crippen molar-refractivity contribution < 1.29 is 0 Å². The van der Waals surface area contributed by atoms with Gasteiger partial charge in [-0.3, -0.25) is 0 Å². The van der Waals surface area contributed by atoms with E-state index in [1.165, 1.54) is 22.2 Å². The molecule has 0 spiro atoms. The van der Waals surface area contributed by atoms with Crippen molar-refractivity contribution in [2.75, 3.05) is 11.5 Å². The van der Waals surface area contributed by atoms with Gasteiger partial charge in [0.2, 0.25) is 0 Å². The van der Waals surface area contributed by atoms with E-state index in [9.17, 15) is 0 Å². The summed E-state index contributed by atoms with van der Waals surface area (Å²) in [5.74, 6) is 2.44. The first-order valence-electron chi connectivity index (χ1n) is 5.52. The summed E-state index contributed by atoms with van der Waals surface area (Å²) < 4.78 is 0. The molecule has 3 heteroatoms. The lowest BCUT2D eigenvalue weighted by atomic mass is 10.0. The van der Waals surface area contributed by atoms with E-state index in [1.807, 2.05) is 23.1 Å². The second-order valence-electron chi connectivity index (χ2n) is 4.95. The fourth-order valence-corrected chi connectivity index (χ4v) is 3.27. The summed E-state index contributed by atoms with van der Waals surface area (Å²) >= 11 is 3.85. The lowest BCUT2D eigenvalue weighted by Gasteiger charge is -2.16. The molecule has 0 saturated carbocycles. The number of thioether (sulfide) groups is 1. The van der Waals surface area contributed by atoms with Gasteiger partial charge in [-0.15, -0.1) is 11.3 Å². The van der Waals surface area contributed by atoms with Crippen LogP contribution in [0, 0.1) is 5.41 Å². The van der Waals surface area contributed by atoms with E-state index in [4.69, 9.17) is 0 Å². The van der Waals surface area contributed by atoms with Gasteiger partial charge in [-0.25, -0.2) is 4.98 Å². The molecular formula is C12H21NS2. The average molecular weight is 243 g/mol. The largest absolute Gasteiger partial charge is 0.246 e. The Labute approximate surface area is 102 Å². The maximum absolute atomic E-state index is 4.57. The smallest absolute Gasteiger partial charge is 0.0936 e. The minimum Gasteiger partial charge on any atom is -0.246 e. The van der Waals surface area contributed by atoms with E-state index in [-0.39, 0.29) is 0 Å². The number of aryl methyl sites for hydroxylation is 2. The van der Waals surface area contributed by atoms with Gasteiger partial charge in [-0.1, -0.05) is 27.7 Å². The molecule has 15 heavy (non-hydrogen) atoms. The third-order valence-electron chi connectivity index (χ3n) is 1.96. The molecular weight excluding hydrogens is 222 g/mol. The highest BCUT2D eigenvalue weighted by Crippen LogP contribution is 2.21. The Balaban J connectivity index is 2.20. The van der Waals surface area contributed by atoms with Crippen molar-refractivity contribution in [1.29, 1.82) is 0 Å². The molecule has 86 valence electrons. The molecule has 0 atom stereocenters. The Kier molecular flexibility index (Phi) is 5.13. The van der Waals surface area contributed by atoms with Gasteiger partial charge in [0, 0.05) is 11.8 Å². The Bertz CT molecular complexity index is 286. The van der Waals surface area contributed by atoms with Crippen LogP contribution < -0.4 is 0 Å². The van der Waals surface area contributed by atoms with Gasteiger partial charge in [-0.2, -0.15) is 11.8 Å². The molecule has 0 N–H and O–H groups in total. The lowest BCUT2D eigenvalue weighted by molar-refractivity contribution is 0.481. The van der Waals surface area contributed by atoms with E-state index in [0.717, 1.165) is 12.8 Å². The van der Waals surface area contributed by atoms with Gasteiger partial charge >= 0.3 is 0 Å². The van der Waals surface area contributed by atoms with E-state index >= 15 is 0 Å². The molecule has 0 aliphatic rings. The van der Waals surface area contributed by atoms with E-state index in [1.54, 1.807) is 0 Å². The van der Waals surface area contributed by atoms with Crippen molar-refractivity contribution in [1.82, 2.24) is 4.98 Å². The van der Waals surface area contributed by atoms with E-state index < -0.39 is 0 Å². The molecule has 1 aromatic heterocycles. The summed E-state index contributed by atoms with van der Waals surface area (Å²) in [6, 6.07) is 0. The van der Waals surface area contributed by atoms with Crippen molar-refractivity contribution in [2.24, 2.45) is 5.41 Å². The first-order valence-corrected chi connectivity index (χ1v) is 7.56. The van der Waals surface area contributed by atoms with Crippen molar-refractivity contribution in [3.05, 3.63) is 16.1 Å². The zero-order valence-electron chi connectivity index (χ0n) is 10.2. The average Bonchev–Trinajstić information content (AvgIpc) is 2.59. The third-order valence-corrected chi connectivity index (χ3v) is 4.48. The standard InChI is InChI=1S/C12H21NS2/c1-5-10-8-15-11(13-10)6-7-14-9-12(2,3)4/h8H,5-7,9H2,1-4H3. The predicted molar refractivity (Wildman–Crippen MR) is 72.0 cm³/mol. The molecule has 1 rings (SSSR count). The lowest BCUT2D eigenvalue weighted by Crippen LogP contribution is -2.09. The van der Waals surface area contributed by atoms with Crippen LogP contribution in [0.1, 0.15) is 38.4 Å². The van der Waals surface area contributed by atoms with Crippen LogP contribution >= 0.6 is 23.1 Å². The Hall–Kier alpha value is -0.0200. The quantitative estimate of drug-likeness (QED) is 0.724. The first kappa shape index (κ1) is 13.0. The normalized spacial score (nSPS) is 12.0. The first-order chi connectivity index (χ1) is 7.01. The third kappa shape index (κ3) is 5.57. The van der Waals surface area contributed by atoms with Crippen LogP contribution in [0.25, 0.3) is 0 Å². The van der Waals surface area contributed by atoms with Crippen molar-refractivity contribution in [3.8, 4) is 0 Å². The fourth-order valence-electron chi connectivity index (χ4n) is 1.16. The van der Waals surface area contributed by atoms with Crippen LogP contribution in [0.15, 0.2) is 5.38 Å². The number of hydrogen-bond acceptors (Lipinski definition) is 3. The summed E-state index contributed by atoms with van der Waals surface area (Å²) in [7, 11) is 0. The van der Waals surface area contributed by atoms with Crippen LogP contribution in [0.5, 0.6) is 0 Å². The summed E-state index contributed by atoms with van der Waals surface area (Å²) in [6.45, 7) is 9.03. The second kappa shape index (κ2) is 5.90. The van der Waals surface area contributed by atoms with Crippen molar-refractivity contribution >= 4 is 23.1 Å². The van der Waals surface area contributed by atoms with Crippen LogP contribution in [-0.4, -0.2) is 16.5 Å². The van der Waals surface area contributed by atoms with Crippen LogP contribution in [0.3, 0.4) is 0 Å². The van der Waals surface area contributed by atoms with Gasteiger partial charge in [-0.05, 0) is 23.3 Å². The SMILES string of the molecule is CCc1csc(CCSCC(C)(C)C)n1. The molecule has 1 aromatic rings. The molecule has 0 saturated heterocycles. The van der Waals surface area contributed by atoms with Gasteiger partial charge < -0.3 is 0 Å². The van der Waals surface area contributed by atoms with Gasteiger partial charge in [0.15, 0.2) is 0 Å². The molecule has 0 aliphatic heterocycles.